The molecule has 5 nitrogen and oxygen atoms in total. The molecule has 1 aromatic carbocycles. The summed E-state index contributed by atoms with van der Waals surface area (Å²) in [4.78, 5) is 14.5. The summed E-state index contributed by atoms with van der Waals surface area (Å²) in [6.45, 7) is 3.87. The third-order valence-corrected chi connectivity index (χ3v) is 4.33. The minimum absolute atomic E-state index is 0. The smallest absolute Gasteiger partial charge is 0.244 e. The molecule has 1 fully saturated rings. The van der Waals surface area contributed by atoms with Crippen LogP contribution in [0.2, 0.25) is 0 Å². The van der Waals surface area contributed by atoms with Crippen LogP contribution in [0.4, 0.5) is 0 Å². The number of aromatic nitrogens is 2. The number of fused-ring (bicyclic) bond motifs is 1. The first-order valence-electron chi connectivity index (χ1n) is 7.59. The quantitative estimate of drug-likeness (QED) is 0.940. The largest absolute Gasteiger partial charge is 0.337 e. The summed E-state index contributed by atoms with van der Waals surface area (Å²) in [7, 11) is 0. The van der Waals surface area contributed by atoms with Crippen LogP contribution in [0.3, 0.4) is 0 Å². The van der Waals surface area contributed by atoms with E-state index in [9.17, 15) is 4.79 Å². The molecule has 1 aliphatic heterocycles. The van der Waals surface area contributed by atoms with E-state index < -0.39 is 0 Å². The molecule has 2 aromatic rings. The maximum atomic E-state index is 12.5. The summed E-state index contributed by atoms with van der Waals surface area (Å²) in [5.74, 6) is 0.764. The molecule has 6 heteroatoms. The van der Waals surface area contributed by atoms with E-state index in [0.29, 0.717) is 19.0 Å². The highest BCUT2D eigenvalue weighted by atomic mass is 35.5. The second-order valence-corrected chi connectivity index (χ2v) is 5.99. The van der Waals surface area contributed by atoms with E-state index in [2.05, 4.69) is 12.0 Å². The lowest BCUT2D eigenvalue weighted by Crippen LogP contribution is -2.50. The van der Waals surface area contributed by atoms with Gasteiger partial charge in [0.1, 0.15) is 6.54 Å². The van der Waals surface area contributed by atoms with E-state index in [1.54, 1.807) is 4.68 Å². The molecule has 0 saturated carbocycles. The molecular weight excluding hydrogens is 300 g/mol. The maximum Gasteiger partial charge on any atom is 0.244 e. The lowest BCUT2D eigenvalue weighted by atomic mass is 9.92. The first kappa shape index (κ1) is 16.8. The van der Waals surface area contributed by atoms with Gasteiger partial charge < -0.3 is 10.6 Å². The average Bonchev–Trinajstić information content (AvgIpc) is 2.88. The van der Waals surface area contributed by atoms with Gasteiger partial charge in [-0.05, 0) is 24.8 Å². The topological polar surface area (TPSA) is 64.2 Å². The number of likely N-dealkylation sites (tertiary alicyclic amines) is 1. The van der Waals surface area contributed by atoms with Gasteiger partial charge in [-0.2, -0.15) is 5.10 Å². The highest BCUT2D eigenvalue weighted by Gasteiger charge is 2.28. The van der Waals surface area contributed by atoms with Gasteiger partial charge >= 0.3 is 0 Å². The number of amides is 1. The zero-order valence-electron chi connectivity index (χ0n) is 12.8. The Labute approximate surface area is 136 Å². The fraction of sp³-hybridized carbons (Fsp3) is 0.500. The molecule has 2 unspecified atom stereocenters. The third kappa shape index (κ3) is 3.42. The van der Waals surface area contributed by atoms with Gasteiger partial charge in [0, 0.05) is 30.7 Å². The van der Waals surface area contributed by atoms with E-state index >= 15 is 0 Å². The minimum atomic E-state index is 0. The summed E-state index contributed by atoms with van der Waals surface area (Å²) in [6, 6.07) is 8.08. The fourth-order valence-corrected chi connectivity index (χ4v) is 3.13. The fourth-order valence-electron chi connectivity index (χ4n) is 3.13. The highest BCUT2D eigenvalue weighted by Crippen LogP contribution is 2.22. The van der Waals surface area contributed by atoms with Crippen LogP contribution < -0.4 is 5.73 Å². The molecule has 2 heterocycles. The van der Waals surface area contributed by atoms with Crippen molar-refractivity contribution in [3.05, 3.63) is 30.5 Å². The molecule has 0 aliphatic carbocycles. The lowest BCUT2D eigenvalue weighted by Gasteiger charge is -2.38. The Morgan fingerprint density at radius 1 is 1.41 bits per heavy atom. The summed E-state index contributed by atoms with van der Waals surface area (Å²) >= 11 is 0. The Morgan fingerprint density at radius 2 is 2.18 bits per heavy atom. The number of benzene rings is 1. The number of nitrogens with two attached hydrogens (primary N) is 1. The molecule has 0 spiro atoms. The summed E-state index contributed by atoms with van der Waals surface area (Å²) in [5.41, 5.74) is 6.76. The Morgan fingerprint density at radius 3 is 2.91 bits per heavy atom. The number of carbonyl (C=O) groups excluding carboxylic acids is 1. The van der Waals surface area contributed by atoms with Gasteiger partial charge in [-0.25, -0.2) is 0 Å². The Bertz CT molecular complexity index is 609. The van der Waals surface area contributed by atoms with Crippen LogP contribution in [-0.4, -0.2) is 39.7 Å². The number of carbonyl (C=O) groups is 1. The molecule has 2 atom stereocenters. The number of rotatable bonds is 3. The van der Waals surface area contributed by atoms with Crippen molar-refractivity contribution in [1.29, 1.82) is 0 Å². The zero-order valence-corrected chi connectivity index (χ0v) is 13.6. The van der Waals surface area contributed by atoms with Crippen LogP contribution in [-0.2, 0) is 11.3 Å². The van der Waals surface area contributed by atoms with Gasteiger partial charge in [0.05, 0.1) is 5.52 Å². The molecule has 2 N–H and O–H groups in total. The number of hydrogen-bond acceptors (Lipinski definition) is 3. The van der Waals surface area contributed by atoms with Crippen molar-refractivity contribution in [2.45, 2.75) is 32.4 Å². The van der Waals surface area contributed by atoms with E-state index in [0.717, 1.165) is 30.3 Å². The first-order valence-corrected chi connectivity index (χ1v) is 7.59. The molecule has 1 saturated heterocycles. The van der Waals surface area contributed by atoms with Gasteiger partial charge in [-0.3, -0.25) is 9.48 Å². The minimum Gasteiger partial charge on any atom is -0.337 e. The van der Waals surface area contributed by atoms with E-state index in [4.69, 9.17) is 5.73 Å². The van der Waals surface area contributed by atoms with Crippen molar-refractivity contribution in [3.8, 4) is 0 Å². The zero-order chi connectivity index (χ0) is 14.8. The van der Waals surface area contributed by atoms with Gasteiger partial charge in [0.15, 0.2) is 0 Å². The molecular formula is C16H23ClN4O. The third-order valence-electron chi connectivity index (χ3n) is 4.33. The van der Waals surface area contributed by atoms with Crippen LogP contribution >= 0.6 is 12.4 Å². The first-order chi connectivity index (χ1) is 10.2. The van der Waals surface area contributed by atoms with Crippen molar-refractivity contribution in [2.75, 3.05) is 13.1 Å². The van der Waals surface area contributed by atoms with Crippen LogP contribution in [0.1, 0.15) is 19.8 Å². The molecule has 0 radical (unpaired) electrons. The number of piperidine rings is 1. The second kappa shape index (κ2) is 7.11. The van der Waals surface area contributed by atoms with Crippen molar-refractivity contribution in [2.24, 2.45) is 11.7 Å². The van der Waals surface area contributed by atoms with Crippen molar-refractivity contribution >= 4 is 29.2 Å². The van der Waals surface area contributed by atoms with E-state index in [1.165, 1.54) is 0 Å². The van der Waals surface area contributed by atoms with Gasteiger partial charge in [0.2, 0.25) is 5.91 Å². The Balaban J connectivity index is 0.00000176. The lowest BCUT2D eigenvalue weighted by molar-refractivity contribution is -0.136. The van der Waals surface area contributed by atoms with Gasteiger partial charge in [-0.1, -0.05) is 25.1 Å². The summed E-state index contributed by atoms with van der Waals surface area (Å²) in [6.07, 6.45) is 3.99. The summed E-state index contributed by atoms with van der Waals surface area (Å²) < 4.78 is 1.73. The van der Waals surface area contributed by atoms with Gasteiger partial charge in [-0.15, -0.1) is 12.4 Å². The normalized spacial score (nSPS) is 21.6. The van der Waals surface area contributed by atoms with Gasteiger partial charge in [0.25, 0.3) is 0 Å². The molecule has 120 valence electrons. The maximum absolute atomic E-state index is 12.5. The van der Waals surface area contributed by atoms with Crippen molar-refractivity contribution < 1.29 is 4.79 Å². The predicted molar refractivity (Wildman–Crippen MR) is 89.9 cm³/mol. The molecule has 22 heavy (non-hydrogen) atoms. The molecule has 1 aromatic heterocycles. The van der Waals surface area contributed by atoms with Crippen LogP contribution in [0.5, 0.6) is 0 Å². The number of nitrogens with zero attached hydrogens (tertiary/aromatic N) is 3. The number of hydrogen-bond donors (Lipinski definition) is 1. The molecule has 0 bridgehead atoms. The van der Waals surface area contributed by atoms with Crippen LogP contribution in [0.15, 0.2) is 30.5 Å². The summed E-state index contributed by atoms with van der Waals surface area (Å²) in [5, 5.41) is 5.51. The van der Waals surface area contributed by atoms with Crippen LogP contribution in [0.25, 0.3) is 10.9 Å². The monoisotopic (exact) mass is 322 g/mol. The Kier molecular flexibility index (Phi) is 5.42. The van der Waals surface area contributed by atoms with E-state index in [-0.39, 0.29) is 24.4 Å². The average molecular weight is 323 g/mol. The SMILES string of the molecule is CC1CCN(C(=O)Cn2cc3ccccc3n2)C(CN)C1.Cl. The molecule has 1 amide bonds. The number of halogens is 1. The Hall–Kier alpha value is -1.59. The van der Waals surface area contributed by atoms with Crippen molar-refractivity contribution in [3.63, 3.8) is 0 Å². The van der Waals surface area contributed by atoms with Crippen molar-refractivity contribution in [1.82, 2.24) is 14.7 Å². The highest BCUT2D eigenvalue weighted by molar-refractivity contribution is 5.85. The molecule has 1 aliphatic rings. The predicted octanol–water partition coefficient (Wildman–Crippen LogP) is 2.04. The van der Waals surface area contributed by atoms with E-state index in [1.807, 2.05) is 35.4 Å². The second-order valence-electron chi connectivity index (χ2n) is 5.99. The standard InChI is InChI=1S/C16H22N4O.ClH/c1-12-6-7-20(14(8-12)9-17)16(21)11-19-10-13-4-2-3-5-15(13)18-19;/h2-5,10,12,14H,6-9,11,17H2,1H3;1H. The molecule has 3 rings (SSSR count). The van der Waals surface area contributed by atoms with Crippen LogP contribution in [0, 0.1) is 5.92 Å².